The van der Waals surface area contributed by atoms with Crippen LogP contribution in [0.1, 0.15) is 11.1 Å². The van der Waals surface area contributed by atoms with Gasteiger partial charge in [-0.3, -0.25) is 9.98 Å². The second-order valence-electron chi connectivity index (χ2n) is 5.41. The Labute approximate surface area is 173 Å². The largest absolute Gasteiger partial charge is 0.490 e. The van der Waals surface area contributed by atoms with E-state index in [1.54, 1.807) is 25.5 Å². The summed E-state index contributed by atoms with van der Waals surface area (Å²) in [7, 11) is 1.65. The Kier molecular flexibility index (Phi) is 9.90. The molecular formula is C18H22F3IN4O. The Morgan fingerprint density at radius 3 is 2.41 bits per heavy atom. The Morgan fingerprint density at radius 1 is 1.11 bits per heavy atom. The zero-order valence-corrected chi connectivity index (χ0v) is 17.1. The van der Waals surface area contributed by atoms with E-state index in [-0.39, 0.29) is 24.0 Å². The summed E-state index contributed by atoms with van der Waals surface area (Å²) in [6.07, 6.45) is -0.406. The standard InChI is InChI=1S/C18H21F3N4O.HI/c1-22-17(25-11-12-26-16-3-2-9-23-13-16)24-10-8-14-4-6-15(7-5-14)18(19,20)21;/h2-7,9,13H,8,10-12H2,1H3,(H2,22,24,25);1H. The van der Waals surface area contributed by atoms with Gasteiger partial charge in [-0.2, -0.15) is 13.2 Å². The first-order chi connectivity index (χ1) is 12.5. The van der Waals surface area contributed by atoms with E-state index < -0.39 is 11.7 Å². The number of ether oxygens (including phenoxy) is 1. The van der Waals surface area contributed by atoms with E-state index in [0.29, 0.717) is 37.8 Å². The van der Waals surface area contributed by atoms with Crippen LogP contribution in [-0.2, 0) is 12.6 Å². The molecule has 2 N–H and O–H groups in total. The van der Waals surface area contributed by atoms with Crippen molar-refractivity contribution in [2.75, 3.05) is 26.7 Å². The molecule has 0 aliphatic carbocycles. The highest BCUT2D eigenvalue weighted by Crippen LogP contribution is 2.29. The number of nitrogens with zero attached hydrogens (tertiary/aromatic N) is 2. The predicted molar refractivity (Wildman–Crippen MR) is 110 cm³/mol. The Bertz CT molecular complexity index is 694. The maximum atomic E-state index is 12.5. The lowest BCUT2D eigenvalue weighted by molar-refractivity contribution is -0.137. The van der Waals surface area contributed by atoms with Crippen molar-refractivity contribution in [2.45, 2.75) is 12.6 Å². The highest BCUT2D eigenvalue weighted by atomic mass is 127. The monoisotopic (exact) mass is 494 g/mol. The molecule has 0 saturated heterocycles. The average molecular weight is 494 g/mol. The van der Waals surface area contributed by atoms with Crippen LogP contribution >= 0.6 is 24.0 Å². The molecule has 0 bridgehead atoms. The van der Waals surface area contributed by atoms with Gasteiger partial charge in [0.2, 0.25) is 0 Å². The molecule has 27 heavy (non-hydrogen) atoms. The van der Waals surface area contributed by atoms with Crippen molar-refractivity contribution >= 4 is 29.9 Å². The second-order valence-corrected chi connectivity index (χ2v) is 5.41. The zero-order chi connectivity index (χ0) is 18.8. The van der Waals surface area contributed by atoms with Gasteiger partial charge in [-0.1, -0.05) is 12.1 Å². The third-order valence-electron chi connectivity index (χ3n) is 3.51. The van der Waals surface area contributed by atoms with Crippen molar-refractivity contribution in [3.63, 3.8) is 0 Å². The van der Waals surface area contributed by atoms with E-state index in [0.717, 1.165) is 17.7 Å². The molecule has 0 saturated carbocycles. The van der Waals surface area contributed by atoms with Crippen molar-refractivity contribution in [3.8, 4) is 5.75 Å². The summed E-state index contributed by atoms with van der Waals surface area (Å²) < 4.78 is 43.1. The summed E-state index contributed by atoms with van der Waals surface area (Å²) >= 11 is 0. The number of benzene rings is 1. The molecule has 0 aliphatic heterocycles. The van der Waals surface area contributed by atoms with Crippen molar-refractivity contribution < 1.29 is 17.9 Å². The number of hydrogen-bond acceptors (Lipinski definition) is 3. The van der Waals surface area contributed by atoms with Crippen LogP contribution in [0.25, 0.3) is 0 Å². The summed E-state index contributed by atoms with van der Waals surface area (Å²) in [6, 6.07) is 8.79. The minimum atomic E-state index is -4.30. The first-order valence-electron chi connectivity index (χ1n) is 8.12. The molecule has 148 valence electrons. The van der Waals surface area contributed by atoms with Gasteiger partial charge in [-0.25, -0.2) is 0 Å². The number of hydrogen-bond donors (Lipinski definition) is 2. The molecule has 0 unspecified atom stereocenters. The van der Waals surface area contributed by atoms with E-state index in [1.807, 2.05) is 6.07 Å². The van der Waals surface area contributed by atoms with Crippen LogP contribution in [-0.4, -0.2) is 37.7 Å². The van der Waals surface area contributed by atoms with Crippen molar-refractivity contribution in [2.24, 2.45) is 4.99 Å². The van der Waals surface area contributed by atoms with Gasteiger partial charge in [0, 0.05) is 19.8 Å². The van der Waals surface area contributed by atoms with Gasteiger partial charge >= 0.3 is 6.18 Å². The third-order valence-corrected chi connectivity index (χ3v) is 3.51. The maximum absolute atomic E-state index is 12.5. The number of nitrogens with one attached hydrogen (secondary N) is 2. The van der Waals surface area contributed by atoms with Crippen molar-refractivity contribution in [1.29, 1.82) is 0 Å². The highest BCUT2D eigenvalue weighted by molar-refractivity contribution is 14.0. The van der Waals surface area contributed by atoms with E-state index >= 15 is 0 Å². The van der Waals surface area contributed by atoms with Gasteiger partial charge in [0.1, 0.15) is 12.4 Å². The van der Waals surface area contributed by atoms with Gasteiger partial charge in [0.15, 0.2) is 5.96 Å². The van der Waals surface area contributed by atoms with E-state index in [1.165, 1.54) is 12.1 Å². The number of guanidine groups is 1. The van der Waals surface area contributed by atoms with Gasteiger partial charge < -0.3 is 15.4 Å². The van der Waals surface area contributed by atoms with Crippen molar-refractivity contribution in [1.82, 2.24) is 15.6 Å². The minimum absolute atomic E-state index is 0. The number of alkyl halides is 3. The summed E-state index contributed by atoms with van der Waals surface area (Å²) in [5.41, 5.74) is 0.182. The third kappa shape index (κ3) is 8.46. The molecule has 0 spiro atoms. The molecule has 2 aromatic rings. The first kappa shape index (κ1) is 23.0. The lowest BCUT2D eigenvalue weighted by atomic mass is 10.1. The number of rotatable bonds is 7. The van der Waals surface area contributed by atoms with Crippen LogP contribution in [0.4, 0.5) is 13.2 Å². The number of halogens is 4. The maximum Gasteiger partial charge on any atom is 0.416 e. The smallest absolute Gasteiger partial charge is 0.416 e. The Morgan fingerprint density at radius 2 is 1.81 bits per heavy atom. The molecule has 9 heteroatoms. The molecule has 0 atom stereocenters. The molecule has 1 aromatic heterocycles. The van der Waals surface area contributed by atoms with Crippen LogP contribution < -0.4 is 15.4 Å². The van der Waals surface area contributed by atoms with Crippen LogP contribution in [0, 0.1) is 0 Å². The lowest BCUT2D eigenvalue weighted by Crippen LogP contribution is -2.40. The summed E-state index contributed by atoms with van der Waals surface area (Å²) in [6.45, 7) is 1.55. The predicted octanol–water partition coefficient (Wildman–Crippen LogP) is 3.50. The molecule has 5 nitrogen and oxygen atoms in total. The first-order valence-corrected chi connectivity index (χ1v) is 8.12. The normalized spacial score (nSPS) is 11.5. The van der Waals surface area contributed by atoms with Gasteiger partial charge in [-0.15, -0.1) is 24.0 Å². The summed E-state index contributed by atoms with van der Waals surface area (Å²) in [4.78, 5) is 8.05. The fraction of sp³-hybridized carbons (Fsp3) is 0.333. The molecule has 2 rings (SSSR count). The fourth-order valence-corrected chi connectivity index (χ4v) is 2.18. The SMILES string of the molecule is CN=C(NCCOc1cccnc1)NCCc1ccc(C(F)(F)F)cc1.I. The molecule has 0 fully saturated rings. The summed E-state index contributed by atoms with van der Waals surface area (Å²) in [5.74, 6) is 1.30. The van der Waals surface area contributed by atoms with E-state index in [9.17, 15) is 13.2 Å². The molecule has 0 radical (unpaired) electrons. The van der Waals surface area contributed by atoms with Crippen molar-refractivity contribution in [3.05, 3.63) is 59.9 Å². The van der Waals surface area contributed by atoms with Gasteiger partial charge in [-0.05, 0) is 36.2 Å². The topological polar surface area (TPSA) is 58.5 Å². The fourth-order valence-electron chi connectivity index (χ4n) is 2.18. The molecule has 1 aromatic carbocycles. The van der Waals surface area contributed by atoms with Crippen LogP contribution in [0.15, 0.2) is 53.8 Å². The molecule has 1 heterocycles. The molecule has 0 amide bonds. The van der Waals surface area contributed by atoms with E-state index in [4.69, 9.17) is 4.74 Å². The van der Waals surface area contributed by atoms with Gasteiger partial charge in [0.25, 0.3) is 0 Å². The number of aliphatic imine (C=N–C) groups is 1. The quantitative estimate of drug-likeness (QED) is 0.268. The van der Waals surface area contributed by atoms with Crippen LogP contribution in [0.2, 0.25) is 0 Å². The molecule has 0 aliphatic rings. The molecular weight excluding hydrogens is 472 g/mol. The minimum Gasteiger partial charge on any atom is -0.490 e. The Balaban J connectivity index is 0.00000364. The van der Waals surface area contributed by atoms with Gasteiger partial charge in [0.05, 0.1) is 18.3 Å². The summed E-state index contributed by atoms with van der Waals surface area (Å²) in [5, 5.41) is 6.21. The zero-order valence-electron chi connectivity index (χ0n) is 14.8. The van der Waals surface area contributed by atoms with Crippen LogP contribution in [0.3, 0.4) is 0 Å². The van der Waals surface area contributed by atoms with E-state index in [2.05, 4.69) is 20.6 Å². The number of pyridine rings is 1. The van der Waals surface area contributed by atoms with Crippen LogP contribution in [0.5, 0.6) is 5.75 Å². The second kappa shape index (κ2) is 11.6. The average Bonchev–Trinajstić information content (AvgIpc) is 2.64. The number of aromatic nitrogens is 1. The Hall–Kier alpha value is -2.04. The highest BCUT2D eigenvalue weighted by Gasteiger charge is 2.29. The lowest BCUT2D eigenvalue weighted by Gasteiger charge is -2.13.